The minimum atomic E-state index is -2.02. The van der Waals surface area contributed by atoms with Crippen molar-refractivity contribution in [1.82, 2.24) is 0 Å². The molecule has 0 amide bonds. The van der Waals surface area contributed by atoms with Crippen LogP contribution in [0, 0.1) is 0 Å². The third-order valence-corrected chi connectivity index (χ3v) is 8.19. The van der Waals surface area contributed by atoms with Gasteiger partial charge in [0.05, 0.1) is 26.4 Å². The summed E-state index contributed by atoms with van der Waals surface area (Å²) in [5.41, 5.74) is 0. The molecule has 4 aliphatic heterocycles. The van der Waals surface area contributed by atoms with E-state index in [1.54, 1.807) is 0 Å². The van der Waals surface area contributed by atoms with Crippen LogP contribution in [0.1, 0.15) is 0 Å². The molecular weight excluding hydrogens is 624 g/mol. The predicted octanol–water partition coefficient (Wildman–Crippen LogP) is -9.75. The van der Waals surface area contributed by atoms with Gasteiger partial charge in [-0.1, -0.05) is 0 Å². The van der Waals surface area contributed by atoms with Crippen molar-refractivity contribution in [2.45, 2.75) is 123 Å². The van der Waals surface area contributed by atoms with Crippen molar-refractivity contribution in [3.05, 3.63) is 0 Å². The molecule has 4 saturated heterocycles. The Hall–Kier alpha value is -0.840. The predicted molar refractivity (Wildman–Crippen MR) is 134 cm³/mol. The van der Waals surface area contributed by atoms with Crippen molar-refractivity contribution in [3.63, 3.8) is 0 Å². The molecular formula is C24H42O21. The molecule has 0 aromatic rings. The van der Waals surface area contributed by atoms with Gasteiger partial charge in [0.15, 0.2) is 25.2 Å². The van der Waals surface area contributed by atoms with Crippen LogP contribution in [0.25, 0.3) is 0 Å². The van der Waals surface area contributed by atoms with Crippen molar-refractivity contribution in [2.24, 2.45) is 0 Å². The summed E-state index contributed by atoms with van der Waals surface area (Å²) in [6.45, 7) is -3.16. The lowest BCUT2D eigenvalue weighted by atomic mass is 9.96. The Labute approximate surface area is 254 Å². The topological polar surface area (TPSA) is 348 Å². The second-order valence-corrected chi connectivity index (χ2v) is 11.2. The fourth-order valence-corrected chi connectivity index (χ4v) is 5.43. The molecule has 0 radical (unpaired) electrons. The molecule has 4 heterocycles. The number of aliphatic hydroxyl groups is 14. The van der Waals surface area contributed by atoms with E-state index in [4.69, 9.17) is 33.2 Å². The molecule has 0 aliphatic carbocycles. The molecule has 0 aromatic carbocycles. The molecule has 0 spiro atoms. The van der Waals surface area contributed by atoms with Gasteiger partial charge in [0.1, 0.15) is 97.7 Å². The highest BCUT2D eigenvalue weighted by Gasteiger charge is 2.53. The van der Waals surface area contributed by atoms with Crippen molar-refractivity contribution in [3.8, 4) is 0 Å². The molecule has 1 unspecified atom stereocenters. The number of aliphatic hydroxyl groups excluding tert-OH is 14. The molecule has 45 heavy (non-hydrogen) atoms. The van der Waals surface area contributed by atoms with E-state index in [9.17, 15) is 71.5 Å². The van der Waals surface area contributed by atoms with Gasteiger partial charge in [-0.2, -0.15) is 0 Å². The largest absolute Gasteiger partial charge is 0.394 e. The normalized spacial score (nSPS) is 52.9. The monoisotopic (exact) mass is 666 g/mol. The van der Waals surface area contributed by atoms with Crippen LogP contribution in [0.15, 0.2) is 0 Å². The standard InChI is InChI=1S/C24H42O21/c25-1-5-9(28)13(32)15(34)23(42-5)44-19-12(31)8(40-21(38)17(19)36)4-39-22-18(37)20(11(30)7(3-27)41-22)45-24-16(35)14(33)10(29)6(2-26)43-24/h5-38H,1-4H2/t5-,6-,7-,8-,9-,10-,11-,12-,13+,14+,15+,16+,17+,18+,19+,20+,21?,22+,23-,24-/m1/s1. The lowest BCUT2D eigenvalue weighted by Gasteiger charge is -2.47. The number of hydrogen-bond donors (Lipinski definition) is 14. The van der Waals surface area contributed by atoms with Gasteiger partial charge in [-0.15, -0.1) is 0 Å². The van der Waals surface area contributed by atoms with Crippen LogP contribution < -0.4 is 0 Å². The van der Waals surface area contributed by atoms with E-state index >= 15 is 0 Å². The SMILES string of the molecule is OC[C@H]1O[C@H](O[C@@H]2[C@H](O)[C@@H](OC[C@H]3OC(O)[C@@H](O)[C@@H](O[C@H]4O[C@H](CO)[C@@H](O)[C@H](O)[C@@H]4O)[C@@H]3O)O[C@H](CO)[C@H]2O)[C@@H](O)[C@@H](O)[C@@H]1O. The molecule has 4 fully saturated rings. The first-order valence-corrected chi connectivity index (χ1v) is 14.1. The summed E-state index contributed by atoms with van der Waals surface area (Å²) in [7, 11) is 0. The molecule has 21 nitrogen and oxygen atoms in total. The van der Waals surface area contributed by atoms with Crippen LogP contribution in [0.5, 0.6) is 0 Å². The number of hydrogen-bond acceptors (Lipinski definition) is 21. The lowest BCUT2D eigenvalue weighted by molar-refractivity contribution is -0.371. The molecule has 4 rings (SSSR count). The van der Waals surface area contributed by atoms with Gasteiger partial charge in [0.2, 0.25) is 0 Å². The summed E-state index contributed by atoms with van der Waals surface area (Å²) in [6.07, 6.45) is -35.2. The zero-order chi connectivity index (χ0) is 33.3. The Morgan fingerprint density at radius 2 is 0.778 bits per heavy atom. The summed E-state index contributed by atoms with van der Waals surface area (Å²) in [4.78, 5) is 0. The minimum Gasteiger partial charge on any atom is -0.394 e. The fourth-order valence-electron chi connectivity index (χ4n) is 5.43. The quantitative estimate of drug-likeness (QED) is 0.103. The summed E-state index contributed by atoms with van der Waals surface area (Å²) >= 11 is 0. The second kappa shape index (κ2) is 15.6. The third-order valence-electron chi connectivity index (χ3n) is 8.19. The number of ether oxygens (including phenoxy) is 7. The zero-order valence-corrected chi connectivity index (χ0v) is 23.5. The highest BCUT2D eigenvalue weighted by Crippen LogP contribution is 2.32. The maximum absolute atomic E-state index is 10.9. The number of rotatable bonds is 10. The first kappa shape index (κ1) is 37.0. The molecule has 0 bridgehead atoms. The highest BCUT2D eigenvalue weighted by atomic mass is 16.8. The van der Waals surface area contributed by atoms with Gasteiger partial charge in [-0.3, -0.25) is 0 Å². The first-order valence-electron chi connectivity index (χ1n) is 14.1. The van der Waals surface area contributed by atoms with Crippen LogP contribution in [-0.4, -0.2) is 221 Å². The van der Waals surface area contributed by atoms with Gasteiger partial charge in [-0.05, 0) is 0 Å². The Balaban J connectivity index is 1.43. The summed E-state index contributed by atoms with van der Waals surface area (Å²) < 4.78 is 37.4. The average Bonchev–Trinajstić information content (AvgIpc) is 3.02. The minimum absolute atomic E-state index is 0.734. The van der Waals surface area contributed by atoms with Crippen LogP contribution in [0.4, 0.5) is 0 Å². The molecule has 4 aliphatic rings. The van der Waals surface area contributed by atoms with Crippen LogP contribution in [-0.2, 0) is 33.2 Å². The van der Waals surface area contributed by atoms with E-state index < -0.39 is 149 Å². The maximum atomic E-state index is 10.9. The Morgan fingerprint density at radius 1 is 0.378 bits per heavy atom. The Morgan fingerprint density at radius 3 is 1.24 bits per heavy atom. The van der Waals surface area contributed by atoms with E-state index in [1.807, 2.05) is 0 Å². The molecule has 264 valence electrons. The smallest absolute Gasteiger partial charge is 0.187 e. The third kappa shape index (κ3) is 7.59. The molecule has 14 N–H and O–H groups in total. The van der Waals surface area contributed by atoms with Gasteiger partial charge < -0.3 is 105 Å². The molecule has 0 saturated carbocycles. The summed E-state index contributed by atoms with van der Waals surface area (Å²) in [6, 6.07) is 0. The Bertz CT molecular complexity index is 914. The molecule has 21 heteroatoms. The zero-order valence-electron chi connectivity index (χ0n) is 23.5. The van der Waals surface area contributed by atoms with Crippen molar-refractivity contribution in [1.29, 1.82) is 0 Å². The maximum Gasteiger partial charge on any atom is 0.187 e. The van der Waals surface area contributed by atoms with E-state index in [1.165, 1.54) is 0 Å². The van der Waals surface area contributed by atoms with Gasteiger partial charge in [0.25, 0.3) is 0 Å². The van der Waals surface area contributed by atoms with E-state index in [-0.39, 0.29) is 0 Å². The summed E-state index contributed by atoms with van der Waals surface area (Å²) in [5, 5.41) is 142. The molecule has 0 aromatic heterocycles. The van der Waals surface area contributed by atoms with Gasteiger partial charge in [0, 0.05) is 0 Å². The Kier molecular flexibility index (Phi) is 12.8. The fraction of sp³-hybridized carbons (Fsp3) is 1.00. The van der Waals surface area contributed by atoms with E-state index in [0.29, 0.717) is 0 Å². The molecule has 20 atom stereocenters. The van der Waals surface area contributed by atoms with E-state index in [2.05, 4.69) is 0 Å². The van der Waals surface area contributed by atoms with Crippen LogP contribution in [0.2, 0.25) is 0 Å². The lowest BCUT2D eigenvalue weighted by Crippen LogP contribution is -2.66. The second-order valence-electron chi connectivity index (χ2n) is 11.2. The summed E-state index contributed by atoms with van der Waals surface area (Å²) in [5.74, 6) is 0. The van der Waals surface area contributed by atoms with Crippen LogP contribution in [0.3, 0.4) is 0 Å². The van der Waals surface area contributed by atoms with Crippen molar-refractivity contribution >= 4 is 0 Å². The average molecular weight is 667 g/mol. The van der Waals surface area contributed by atoms with Crippen LogP contribution >= 0.6 is 0 Å². The van der Waals surface area contributed by atoms with Gasteiger partial charge in [-0.25, -0.2) is 0 Å². The van der Waals surface area contributed by atoms with Crippen molar-refractivity contribution in [2.75, 3.05) is 26.4 Å². The van der Waals surface area contributed by atoms with E-state index in [0.717, 1.165) is 0 Å². The van der Waals surface area contributed by atoms with Gasteiger partial charge >= 0.3 is 0 Å². The first-order chi connectivity index (χ1) is 21.2. The van der Waals surface area contributed by atoms with Crippen molar-refractivity contribution < 1.29 is 105 Å². The highest BCUT2D eigenvalue weighted by molar-refractivity contribution is 4.96.